The molecule has 0 radical (unpaired) electrons. The van der Waals surface area contributed by atoms with Crippen LogP contribution < -0.4 is 0 Å². The number of aliphatic hydroxyl groups excluding tert-OH is 1. The second-order valence-corrected chi connectivity index (χ2v) is 3.64. The molecule has 0 aliphatic carbocycles. The smallest absolute Gasteiger partial charge is 0.108 e. The Bertz CT molecular complexity index is 351. The number of hydrogen-bond donors (Lipinski definition) is 1. The monoisotopic (exact) mass is 238 g/mol. The summed E-state index contributed by atoms with van der Waals surface area (Å²) in [5.41, 5.74) is 4.26. The molecule has 1 aromatic carbocycles. The molecular formula is C11H11BrO. The van der Waals surface area contributed by atoms with Crippen LogP contribution in [0.4, 0.5) is 0 Å². The Labute approximate surface area is 86.5 Å². The van der Waals surface area contributed by atoms with Crippen molar-refractivity contribution in [3.63, 3.8) is 0 Å². The van der Waals surface area contributed by atoms with Gasteiger partial charge in [-0.1, -0.05) is 40.7 Å². The first-order valence-corrected chi connectivity index (χ1v) is 4.75. The van der Waals surface area contributed by atoms with Crippen molar-refractivity contribution >= 4 is 15.9 Å². The van der Waals surface area contributed by atoms with Crippen LogP contribution in [0.1, 0.15) is 18.6 Å². The fourth-order valence-corrected chi connectivity index (χ4v) is 1.53. The van der Waals surface area contributed by atoms with Crippen molar-refractivity contribution in [1.82, 2.24) is 0 Å². The maximum Gasteiger partial charge on any atom is 0.108 e. The van der Waals surface area contributed by atoms with Crippen LogP contribution in [0, 0.1) is 0 Å². The molecule has 2 heteroatoms. The van der Waals surface area contributed by atoms with Gasteiger partial charge in [-0.25, -0.2) is 0 Å². The van der Waals surface area contributed by atoms with Gasteiger partial charge in [0.1, 0.15) is 6.10 Å². The zero-order valence-electron chi connectivity index (χ0n) is 7.42. The Morgan fingerprint density at radius 2 is 2.15 bits per heavy atom. The van der Waals surface area contributed by atoms with Gasteiger partial charge in [0.05, 0.1) is 0 Å². The summed E-state index contributed by atoms with van der Waals surface area (Å²) < 4.78 is 0.900. The maximum absolute atomic E-state index is 9.80. The van der Waals surface area contributed by atoms with Gasteiger partial charge < -0.3 is 5.11 Å². The number of rotatable bonds is 2. The van der Waals surface area contributed by atoms with E-state index in [1.54, 1.807) is 6.92 Å². The molecule has 0 saturated heterocycles. The molecule has 68 valence electrons. The molecule has 0 bridgehead atoms. The minimum absolute atomic E-state index is 0.618. The third-order valence-corrected chi connectivity index (χ3v) is 2.61. The molecule has 0 aliphatic heterocycles. The number of halogens is 1. The average Bonchev–Trinajstić information content (AvgIpc) is 2.16. The first-order valence-electron chi connectivity index (χ1n) is 3.96. The summed E-state index contributed by atoms with van der Waals surface area (Å²) in [6.07, 6.45) is -0.618. The Kier molecular flexibility index (Phi) is 3.49. The van der Waals surface area contributed by atoms with E-state index < -0.39 is 6.10 Å². The van der Waals surface area contributed by atoms with Gasteiger partial charge in [-0.3, -0.25) is 0 Å². The van der Waals surface area contributed by atoms with Crippen molar-refractivity contribution in [3.05, 3.63) is 52.2 Å². The molecule has 1 nitrogen and oxygen atoms in total. The zero-order chi connectivity index (χ0) is 9.84. The Morgan fingerprint density at radius 1 is 1.54 bits per heavy atom. The fourth-order valence-electron chi connectivity index (χ4n) is 1.03. The second kappa shape index (κ2) is 4.43. The van der Waals surface area contributed by atoms with Crippen LogP contribution in [0.25, 0.3) is 0 Å². The van der Waals surface area contributed by atoms with E-state index in [0.717, 1.165) is 15.6 Å². The van der Waals surface area contributed by atoms with Crippen molar-refractivity contribution in [2.45, 2.75) is 13.0 Å². The van der Waals surface area contributed by atoms with Crippen LogP contribution in [0.3, 0.4) is 0 Å². The minimum Gasteiger partial charge on any atom is -0.383 e. The molecule has 0 amide bonds. The SMILES string of the molecule is C=C=C(C)C(O)c1ccccc1Br. The van der Waals surface area contributed by atoms with Gasteiger partial charge >= 0.3 is 0 Å². The average molecular weight is 239 g/mol. The molecule has 0 fully saturated rings. The van der Waals surface area contributed by atoms with Crippen molar-refractivity contribution < 1.29 is 5.11 Å². The highest BCUT2D eigenvalue weighted by molar-refractivity contribution is 9.10. The first-order chi connectivity index (χ1) is 6.16. The van der Waals surface area contributed by atoms with Crippen molar-refractivity contribution in [2.24, 2.45) is 0 Å². The minimum atomic E-state index is -0.618. The van der Waals surface area contributed by atoms with Crippen LogP contribution in [0.2, 0.25) is 0 Å². The molecule has 0 aromatic heterocycles. The lowest BCUT2D eigenvalue weighted by Crippen LogP contribution is -1.98. The van der Waals surface area contributed by atoms with Crippen molar-refractivity contribution in [1.29, 1.82) is 0 Å². The predicted molar refractivity (Wildman–Crippen MR) is 57.4 cm³/mol. The molecule has 1 rings (SSSR count). The zero-order valence-corrected chi connectivity index (χ0v) is 9.01. The highest BCUT2D eigenvalue weighted by Gasteiger charge is 2.11. The van der Waals surface area contributed by atoms with Crippen LogP contribution in [0.5, 0.6) is 0 Å². The van der Waals surface area contributed by atoms with E-state index in [4.69, 9.17) is 0 Å². The Morgan fingerprint density at radius 3 is 2.69 bits per heavy atom. The molecule has 0 heterocycles. The lowest BCUT2D eigenvalue weighted by molar-refractivity contribution is 0.215. The molecule has 0 aliphatic rings. The number of aliphatic hydroxyl groups is 1. The van der Waals surface area contributed by atoms with Gasteiger partial charge in [-0.05, 0) is 18.6 Å². The standard InChI is InChI=1S/C11H11BrO/c1-3-8(2)11(13)9-6-4-5-7-10(9)12/h4-7,11,13H,1H2,2H3. The highest BCUT2D eigenvalue weighted by Crippen LogP contribution is 2.27. The topological polar surface area (TPSA) is 20.2 Å². The molecule has 0 spiro atoms. The normalized spacial score (nSPS) is 11.9. The van der Waals surface area contributed by atoms with E-state index in [9.17, 15) is 5.11 Å². The number of benzene rings is 1. The van der Waals surface area contributed by atoms with Gasteiger partial charge in [-0.15, -0.1) is 5.73 Å². The molecular weight excluding hydrogens is 228 g/mol. The lowest BCUT2D eigenvalue weighted by Gasteiger charge is -2.11. The third-order valence-electron chi connectivity index (χ3n) is 1.89. The summed E-state index contributed by atoms with van der Waals surface area (Å²) in [6.45, 7) is 5.30. The summed E-state index contributed by atoms with van der Waals surface area (Å²) in [5.74, 6) is 0. The fraction of sp³-hybridized carbons (Fsp3) is 0.182. The van der Waals surface area contributed by atoms with Crippen LogP contribution in [-0.2, 0) is 0 Å². The Hall–Kier alpha value is -0.820. The largest absolute Gasteiger partial charge is 0.383 e. The van der Waals surface area contributed by atoms with E-state index in [2.05, 4.69) is 28.2 Å². The summed E-state index contributed by atoms with van der Waals surface area (Å²) in [6, 6.07) is 7.57. The summed E-state index contributed by atoms with van der Waals surface area (Å²) in [7, 11) is 0. The van der Waals surface area contributed by atoms with E-state index in [1.807, 2.05) is 24.3 Å². The van der Waals surface area contributed by atoms with Crippen molar-refractivity contribution in [2.75, 3.05) is 0 Å². The van der Waals surface area contributed by atoms with E-state index in [0.29, 0.717) is 0 Å². The van der Waals surface area contributed by atoms with Crippen LogP contribution >= 0.6 is 15.9 Å². The molecule has 0 saturated carbocycles. The molecule has 1 atom stereocenters. The van der Waals surface area contributed by atoms with Gasteiger partial charge in [-0.2, -0.15) is 0 Å². The van der Waals surface area contributed by atoms with Gasteiger partial charge in [0.15, 0.2) is 0 Å². The third kappa shape index (κ3) is 2.31. The summed E-state index contributed by atoms with van der Waals surface area (Å²) in [4.78, 5) is 0. The van der Waals surface area contributed by atoms with Gasteiger partial charge in [0.25, 0.3) is 0 Å². The summed E-state index contributed by atoms with van der Waals surface area (Å²) in [5, 5.41) is 9.80. The lowest BCUT2D eigenvalue weighted by atomic mass is 10.0. The van der Waals surface area contributed by atoms with Crippen molar-refractivity contribution in [3.8, 4) is 0 Å². The molecule has 1 unspecified atom stereocenters. The molecule has 1 aromatic rings. The quantitative estimate of drug-likeness (QED) is 0.785. The molecule has 1 N–H and O–H groups in total. The van der Waals surface area contributed by atoms with Crippen LogP contribution in [0.15, 0.2) is 46.6 Å². The van der Waals surface area contributed by atoms with Gasteiger partial charge in [0.2, 0.25) is 0 Å². The van der Waals surface area contributed by atoms with E-state index in [1.165, 1.54) is 0 Å². The maximum atomic E-state index is 9.80. The predicted octanol–water partition coefficient (Wildman–Crippen LogP) is 3.21. The van der Waals surface area contributed by atoms with Gasteiger partial charge in [0, 0.05) is 10.0 Å². The van der Waals surface area contributed by atoms with Crippen LogP contribution in [-0.4, -0.2) is 5.11 Å². The van der Waals surface area contributed by atoms with E-state index in [-0.39, 0.29) is 0 Å². The first kappa shape index (κ1) is 10.3. The Balaban J connectivity index is 3.09. The second-order valence-electron chi connectivity index (χ2n) is 2.78. The molecule has 13 heavy (non-hydrogen) atoms. The highest BCUT2D eigenvalue weighted by atomic mass is 79.9. The number of hydrogen-bond acceptors (Lipinski definition) is 1. The van der Waals surface area contributed by atoms with E-state index >= 15 is 0 Å². The summed E-state index contributed by atoms with van der Waals surface area (Å²) >= 11 is 3.37.